The Morgan fingerprint density at radius 2 is 1.75 bits per heavy atom. The number of carbonyl (C=O) groups excluding carboxylic acids is 2. The van der Waals surface area contributed by atoms with Gasteiger partial charge in [-0.2, -0.15) is 0 Å². The highest BCUT2D eigenvalue weighted by atomic mass is 35.5. The number of carbonyl (C=O) groups is 2. The zero-order valence-electron chi connectivity index (χ0n) is 17.8. The van der Waals surface area contributed by atoms with Crippen molar-refractivity contribution in [3.8, 4) is 0 Å². The first kappa shape index (κ1) is 25.9. The van der Waals surface area contributed by atoms with Crippen molar-refractivity contribution in [2.24, 2.45) is 0 Å². The summed E-state index contributed by atoms with van der Waals surface area (Å²) in [6, 6.07) is 8.86. The van der Waals surface area contributed by atoms with E-state index < -0.39 is 40.2 Å². The lowest BCUT2D eigenvalue weighted by atomic mass is 10.1. The Labute approximate surface area is 197 Å². The van der Waals surface area contributed by atoms with Crippen molar-refractivity contribution in [3.63, 3.8) is 0 Å². The Kier molecular flexibility index (Phi) is 8.89. The molecule has 0 bridgehead atoms. The van der Waals surface area contributed by atoms with Crippen molar-refractivity contribution in [2.45, 2.75) is 25.9 Å². The molecule has 0 unspecified atom stereocenters. The number of hydrogen-bond donors (Lipinski definition) is 1. The molecular weight excluding hydrogens is 480 g/mol. The summed E-state index contributed by atoms with van der Waals surface area (Å²) in [6.07, 6.45) is 1.23. The van der Waals surface area contributed by atoms with E-state index in [2.05, 4.69) is 5.32 Å². The summed E-state index contributed by atoms with van der Waals surface area (Å²) in [7, 11) is -2.46. The average Bonchev–Trinajstić information content (AvgIpc) is 2.72. The van der Waals surface area contributed by atoms with Gasteiger partial charge in [-0.05, 0) is 42.3 Å². The van der Waals surface area contributed by atoms with E-state index in [1.165, 1.54) is 54.4 Å². The molecule has 2 amide bonds. The molecule has 0 aliphatic carbocycles. The van der Waals surface area contributed by atoms with Crippen molar-refractivity contribution >= 4 is 50.7 Å². The third-order valence-corrected chi connectivity index (χ3v) is 6.42. The SMILES string of the molecule is CC[C@@H](C(=O)NC)N(Cc1ccc(F)cc1)C(=O)CN(c1ccc(Cl)cc1Cl)S(C)(=O)=O. The Morgan fingerprint density at radius 1 is 1.12 bits per heavy atom. The van der Waals surface area contributed by atoms with Crippen LogP contribution in [0.2, 0.25) is 10.0 Å². The van der Waals surface area contributed by atoms with Crippen molar-refractivity contribution in [2.75, 3.05) is 24.2 Å². The summed E-state index contributed by atoms with van der Waals surface area (Å²) in [5.74, 6) is -1.47. The number of nitrogens with zero attached hydrogens (tertiary/aromatic N) is 2. The number of halogens is 3. The molecule has 0 heterocycles. The number of rotatable bonds is 9. The number of sulfonamides is 1. The van der Waals surface area contributed by atoms with Gasteiger partial charge in [0.15, 0.2) is 0 Å². The highest BCUT2D eigenvalue weighted by molar-refractivity contribution is 7.92. The molecule has 1 atom stereocenters. The average molecular weight is 504 g/mol. The maximum absolute atomic E-state index is 13.3. The minimum atomic E-state index is -3.91. The van der Waals surface area contributed by atoms with Gasteiger partial charge in [-0.25, -0.2) is 12.8 Å². The van der Waals surface area contributed by atoms with Gasteiger partial charge in [-0.15, -0.1) is 0 Å². The van der Waals surface area contributed by atoms with Crippen molar-refractivity contribution < 1.29 is 22.4 Å². The number of benzene rings is 2. The third kappa shape index (κ3) is 6.57. The Hall–Kier alpha value is -2.36. The number of nitrogens with one attached hydrogen (secondary N) is 1. The standard InChI is InChI=1S/C21H24Cl2FN3O4S/c1-4-18(21(29)25-2)26(12-14-5-8-16(24)9-6-14)20(28)13-27(32(3,30)31)19-10-7-15(22)11-17(19)23/h5-11,18H,4,12-13H2,1-3H3,(H,25,29)/t18-/m0/s1. The molecule has 2 aromatic carbocycles. The maximum atomic E-state index is 13.3. The van der Waals surface area contributed by atoms with E-state index in [1.807, 2.05) is 0 Å². The lowest BCUT2D eigenvalue weighted by Crippen LogP contribution is -2.51. The summed E-state index contributed by atoms with van der Waals surface area (Å²) in [5.41, 5.74) is 0.666. The highest BCUT2D eigenvalue weighted by Gasteiger charge is 2.31. The van der Waals surface area contributed by atoms with Crippen LogP contribution in [0.4, 0.5) is 10.1 Å². The summed E-state index contributed by atoms with van der Waals surface area (Å²) in [5, 5.41) is 2.88. The minimum absolute atomic E-state index is 0.0169. The predicted octanol–water partition coefficient (Wildman–Crippen LogP) is 3.45. The van der Waals surface area contributed by atoms with E-state index in [9.17, 15) is 22.4 Å². The summed E-state index contributed by atoms with van der Waals surface area (Å²) >= 11 is 12.1. The van der Waals surface area contributed by atoms with Crippen LogP contribution in [0, 0.1) is 5.82 Å². The normalized spacial score (nSPS) is 12.2. The Balaban J connectivity index is 2.45. The van der Waals surface area contributed by atoms with Crippen LogP contribution in [-0.4, -0.2) is 51.0 Å². The topological polar surface area (TPSA) is 86.8 Å². The molecule has 32 heavy (non-hydrogen) atoms. The first-order chi connectivity index (χ1) is 15.0. The summed E-state index contributed by atoms with van der Waals surface area (Å²) in [6.45, 7) is 1.13. The van der Waals surface area contributed by atoms with E-state index in [4.69, 9.17) is 23.2 Å². The van der Waals surface area contributed by atoms with Crippen molar-refractivity contribution in [1.29, 1.82) is 0 Å². The molecule has 0 spiro atoms. The van der Waals surface area contributed by atoms with E-state index in [0.717, 1.165) is 10.6 Å². The largest absolute Gasteiger partial charge is 0.357 e. The maximum Gasteiger partial charge on any atom is 0.244 e. The second-order valence-electron chi connectivity index (χ2n) is 7.05. The van der Waals surface area contributed by atoms with Gasteiger partial charge in [0.1, 0.15) is 18.4 Å². The monoisotopic (exact) mass is 503 g/mol. The van der Waals surface area contributed by atoms with Gasteiger partial charge in [0.05, 0.1) is 17.0 Å². The molecule has 0 saturated heterocycles. The van der Waals surface area contributed by atoms with Gasteiger partial charge in [0.2, 0.25) is 21.8 Å². The fourth-order valence-electron chi connectivity index (χ4n) is 3.15. The zero-order valence-corrected chi connectivity index (χ0v) is 20.1. The second-order valence-corrected chi connectivity index (χ2v) is 9.80. The first-order valence-corrected chi connectivity index (χ1v) is 12.3. The summed E-state index contributed by atoms with van der Waals surface area (Å²) in [4.78, 5) is 27.1. The molecule has 0 aromatic heterocycles. The fraction of sp³-hybridized carbons (Fsp3) is 0.333. The molecule has 2 rings (SSSR count). The van der Waals surface area contributed by atoms with Gasteiger partial charge in [-0.3, -0.25) is 13.9 Å². The quantitative estimate of drug-likeness (QED) is 0.567. The van der Waals surface area contributed by atoms with E-state index in [-0.39, 0.29) is 23.7 Å². The smallest absolute Gasteiger partial charge is 0.244 e. The van der Waals surface area contributed by atoms with E-state index in [1.54, 1.807) is 6.92 Å². The van der Waals surface area contributed by atoms with Crippen LogP contribution in [0.3, 0.4) is 0 Å². The third-order valence-electron chi connectivity index (χ3n) is 4.76. The highest BCUT2D eigenvalue weighted by Crippen LogP contribution is 2.30. The zero-order chi connectivity index (χ0) is 24.1. The lowest BCUT2D eigenvalue weighted by Gasteiger charge is -2.32. The Bertz CT molecular complexity index is 1080. The Morgan fingerprint density at radius 3 is 2.25 bits per heavy atom. The van der Waals surface area contributed by atoms with Crippen LogP contribution in [0.5, 0.6) is 0 Å². The number of likely N-dealkylation sites (N-methyl/N-ethyl adjacent to an activating group) is 1. The minimum Gasteiger partial charge on any atom is -0.357 e. The van der Waals surface area contributed by atoms with Crippen LogP contribution < -0.4 is 9.62 Å². The van der Waals surface area contributed by atoms with Gasteiger partial charge in [0.25, 0.3) is 0 Å². The van der Waals surface area contributed by atoms with Crippen LogP contribution in [0.1, 0.15) is 18.9 Å². The molecule has 174 valence electrons. The van der Waals surface area contributed by atoms with E-state index >= 15 is 0 Å². The number of anilines is 1. The van der Waals surface area contributed by atoms with Gasteiger partial charge < -0.3 is 10.2 Å². The van der Waals surface area contributed by atoms with Crippen LogP contribution in [-0.2, 0) is 26.2 Å². The van der Waals surface area contributed by atoms with Gasteiger partial charge >= 0.3 is 0 Å². The number of hydrogen-bond acceptors (Lipinski definition) is 4. The van der Waals surface area contributed by atoms with Crippen LogP contribution >= 0.6 is 23.2 Å². The molecular formula is C21H24Cl2FN3O4S. The lowest BCUT2D eigenvalue weighted by molar-refractivity contribution is -0.140. The second kappa shape index (κ2) is 11.0. The fourth-order valence-corrected chi connectivity index (χ4v) is 4.57. The van der Waals surface area contributed by atoms with Gasteiger partial charge in [0, 0.05) is 18.6 Å². The number of amides is 2. The predicted molar refractivity (Wildman–Crippen MR) is 124 cm³/mol. The molecule has 11 heteroatoms. The van der Waals surface area contributed by atoms with Crippen LogP contribution in [0.25, 0.3) is 0 Å². The first-order valence-electron chi connectivity index (χ1n) is 9.66. The molecule has 0 radical (unpaired) electrons. The molecule has 0 aliphatic rings. The molecule has 0 fully saturated rings. The molecule has 7 nitrogen and oxygen atoms in total. The van der Waals surface area contributed by atoms with Crippen molar-refractivity contribution in [1.82, 2.24) is 10.2 Å². The summed E-state index contributed by atoms with van der Waals surface area (Å²) < 4.78 is 39.2. The molecule has 0 aliphatic heterocycles. The molecule has 2 aromatic rings. The van der Waals surface area contributed by atoms with Crippen molar-refractivity contribution in [3.05, 3.63) is 63.9 Å². The molecule has 0 saturated carbocycles. The van der Waals surface area contributed by atoms with Crippen LogP contribution in [0.15, 0.2) is 42.5 Å². The molecule has 1 N–H and O–H groups in total. The van der Waals surface area contributed by atoms with E-state index in [0.29, 0.717) is 10.6 Å². The van der Waals surface area contributed by atoms with Gasteiger partial charge in [-0.1, -0.05) is 42.3 Å².